The lowest BCUT2D eigenvalue weighted by Gasteiger charge is -2.12. The zero-order valence-corrected chi connectivity index (χ0v) is 17.3. The topological polar surface area (TPSA) is 56.7 Å². The van der Waals surface area contributed by atoms with Crippen LogP contribution in [0.25, 0.3) is 22.7 Å². The van der Waals surface area contributed by atoms with Crippen LogP contribution in [-0.4, -0.2) is 19.7 Å². The van der Waals surface area contributed by atoms with E-state index in [9.17, 15) is 0 Å². The number of hydrogen-bond donors (Lipinski definition) is 0. The number of imidazole rings is 1. The molecule has 0 spiro atoms. The van der Waals surface area contributed by atoms with Gasteiger partial charge in [0.25, 0.3) is 0 Å². The van der Waals surface area contributed by atoms with E-state index in [0.717, 1.165) is 10.7 Å². The van der Waals surface area contributed by atoms with Crippen molar-refractivity contribution in [1.82, 2.24) is 19.7 Å². The first-order valence-corrected chi connectivity index (χ1v) is 10.8. The fourth-order valence-corrected chi connectivity index (χ4v) is 4.43. The minimum atomic E-state index is 0.0181. The number of benzene rings is 2. The summed E-state index contributed by atoms with van der Waals surface area (Å²) in [5, 5.41) is 9.58. The van der Waals surface area contributed by atoms with Gasteiger partial charge < -0.3 is 8.98 Å². The van der Waals surface area contributed by atoms with Gasteiger partial charge in [0.05, 0.1) is 17.1 Å². The van der Waals surface area contributed by atoms with Crippen molar-refractivity contribution < 1.29 is 4.42 Å². The van der Waals surface area contributed by atoms with Gasteiger partial charge in [-0.15, -0.1) is 10.2 Å². The molecule has 0 N–H and O–H groups in total. The Bertz CT molecular complexity index is 1130. The van der Waals surface area contributed by atoms with Gasteiger partial charge in [-0.2, -0.15) is 0 Å². The molecule has 2 aromatic heterocycles. The molecular formula is C23H22N4OS. The van der Waals surface area contributed by atoms with Crippen LogP contribution in [0.2, 0.25) is 0 Å². The summed E-state index contributed by atoms with van der Waals surface area (Å²) in [6.07, 6.45) is 4.39. The second kappa shape index (κ2) is 7.52. The lowest BCUT2D eigenvalue weighted by atomic mass is 10.1. The molecule has 5 nitrogen and oxygen atoms in total. The van der Waals surface area contributed by atoms with Crippen LogP contribution in [0.4, 0.5) is 0 Å². The van der Waals surface area contributed by atoms with Crippen LogP contribution in [0, 0.1) is 6.92 Å². The van der Waals surface area contributed by atoms with Gasteiger partial charge in [-0.25, -0.2) is 4.98 Å². The fraction of sp³-hybridized carbons (Fsp3) is 0.261. The normalized spacial score (nSPS) is 14.8. The van der Waals surface area contributed by atoms with Crippen LogP contribution in [0.5, 0.6) is 0 Å². The van der Waals surface area contributed by atoms with Crippen molar-refractivity contribution in [2.24, 2.45) is 0 Å². The van der Waals surface area contributed by atoms with Crippen molar-refractivity contribution in [3.63, 3.8) is 0 Å². The summed E-state index contributed by atoms with van der Waals surface area (Å²) in [5.74, 6) is 1.18. The molecule has 0 saturated heterocycles. The van der Waals surface area contributed by atoms with Gasteiger partial charge in [-0.05, 0) is 44.4 Å². The molecule has 6 heteroatoms. The summed E-state index contributed by atoms with van der Waals surface area (Å²) in [6, 6.07) is 19.1. The van der Waals surface area contributed by atoms with Crippen LogP contribution in [0.3, 0.4) is 0 Å². The monoisotopic (exact) mass is 402 g/mol. The van der Waals surface area contributed by atoms with E-state index in [1.807, 2.05) is 24.4 Å². The summed E-state index contributed by atoms with van der Waals surface area (Å²) in [6.45, 7) is 4.15. The van der Waals surface area contributed by atoms with Crippen LogP contribution < -0.4 is 0 Å². The third kappa shape index (κ3) is 3.72. The van der Waals surface area contributed by atoms with Gasteiger partial charge in [0.15, 0.2) is 5.16 Å². The number of nitrogens with zero attached hydrogens (tertiary/aromatic N) is 4. The Morgan fingerprint density at radius 3 is 2.59 bits per heavy atom. The van der Waals surface area contributed by atoms with Crippen LogP contribution in [-0.2, 0) is 0 Å². The molecule has 1 aliphatic rings. The highest BCUT2D eigenvalue weighted by Gasteiger charge is 2.30. The first-order valence-electron chi connectivity index (χ1n) is 9.89. The molecule has 0 radical (unpaired) electrons. The van der Waals surface area contributed by atoms with Crippen molar-refractivity contribution >= 4 is 11.8 Å². The number of rotatable bonds is 6. The number of hydrogen-bond acceptors (Lipinski definition) is 5. The van der Waals surface area contributed by atoms with E-state index in [0.29, 0.717) is 17.8 Å². The van der Waals surface area contributed by atoms with E-state index < -0.39 is 0 Å². The van der Waals surface area contributed by atoms with E-state index in [-0.39, 0.29) is 5.25 Å². The Morgan fingerprint density at radius 2 is 1.83 bits per heavy atom. The van der Waals surface area contributed by atoms with Gasteiger partial charge in [0.1, 0.15) is 0 Å². The molecular weight excluding hydrogens is 380 g/mol. The van der Waals surface area contributed by atoms with E-state index >= 15 is 0 Å². The maximum absolute atomic E-state index is 5.99. The third-order valence-electron chi connectivity index (χ3n) is 5.08. The van der Waals surface area contributed by atoms with Crippen molar-refractivity contribution in [3.8, 4) is 22.7 Å². The first kappa shape index (κ1) is 18.2. The average Bonchev–Trinajstić information content (AvgIpc) is 3.29. The maximum atomic E-state index is 5.99. The summed E-state index contributed by atoms with van der Waals surface area (Å²) in [7, 11) is 0. The Hall–Kier alpha value is -2.86. The number of aromatic nitrogens is 4. The fourth-order valence-electron chi connectivity index (χ4n) is 3.44. The van der Waals surface area contributed by atoms with Crippen molar-refractivity contribution in [3.05, 3.63) is 72.2 Å². The minimum absolute atomic E-state index is 0.0181. The SMILES string of the molecule is Cc1cccc(-c2nnc(C(C)Sc3ncc(-c4ccccc4)n3C3CC3)o2)c1. The summed E-state index contributed by atoms with van der Waals surface area (Å²) in [4.78, 5) is 4.73. The van der Waals surface area contributed by atoms with Crippen LogP contribution >= 0.6 is 11.8 Å². The quantitative estimate of drug-likeness (QED) is 0.365. The molecule has 2 heterocycles. The van der Waals surface area contributed by atoms with Crippen molar-refractivity contribution in [2.45, 2.75) is 43.1 Å². The average molecular weight is 403 g/mol. The highest BCUT2D eigenvalue weighted by Crippen LogP contribution is 2.44. The van der Waals surface area contributed by atoms with Gasteiger partial charge >= 0.3 is 0 Å². The second-order valence-corrected chi connectivity index (χ2v) is 8.78. The van der Waals surface area contributed by atoms with E-state index in [4.69, 9.17) is 9.40 Å². The third-order valence-corrected chi connectivity index (χ3v) is 6.15. The van der Waals surface area contributed by atoms with Crippen molar-refractivity contribution in [2.75, 3.05) is 0 Å². The highest BCUT2D eigenvalue weighted by molar-refractivity contribution is 7.99. The predicted molar refractivity (Wildman–Crippen MR) is 115 cm³/mol. The molecule has 5 rings (SSSR count). The van der Waals surface area contributed by atoms with Gasteiger partial charge in [0, 0.05) is 11.6 Å². The molecule has 146 valence electrons. The minimum Gasteiger partial charge on any atom is -0.419 e. The summed E-state index contributed by atoms with van der Waals surface area (Å²) >= 11 is 1.67. The van der Waals surface area contributed by atoms with E-state index in [1.54, 1.807) is 11.8 Å². The Kier molecular flexibility index (Phi) is 4.72. The molecule has 1 saturated carbocycles. The molecule has 0 aliphatic heterocycles. The standard InChI is InChI=1S/C23H22N4OS/c1-15-7-6-10-18(13-15)22-26-25-21(28-22)16(2)29-23-24-14-20(27(23)19-11-12-19)17-8-4-3-5-9-17/h3-10,13-14,16,19H,11-12H2,1-2H3. The van der Waals surface area contributed by atoms with Crippen molar-refractivity contribution in [1.29, 1.82) is 0 Å². The largest absolute Gasteiger partial charge is 0.419 e. The highest BCUT2D eigenvalue weighted by atomic mass is 32.2. The molecule has 29 heavy (non-hydrogen) atoms. The molecule has 4 aromatic rings. The lowest BCUT2D eigenvalue weighted by Crippen LogP contribution is -2.00. The van der Waals surface area contributed by atoms with Crippen LogP contribution in [0.1, 0.15) is 42.5 Å². The summed E-state index contributed by atoms with van der Waals surface area (Å²) in [5.41, 5.74) is 4.50. The molecule has 1 atom stereocenters. The van der Waals surface area contributed by atoms with Crippen LogP contribution in [0.15, 0.2) is 70.4 Å². The molecule has 1 unspecified atom stereocenters. The Labute approximate surface area is 174 Å². The maximum Gasteiger partial charge on any atom is 0.247 e. The molecule has 0 bridgehead atoms. The predicted octanol–water partition coefficient (Wildman–Crippen LogP) is 6.10. The molecule has 1 fully saturated rings. The summed E-state index contributed by atoms with van der Waals surface area (Å²) < 4.78 is 8.36. The number of thioether (sulfide) groups is 1. The van der Waals surface area contributed by atoms with Gasteiger partial charge in [-0.3, -0.25) is 0 Å². The van der Waals surface area contributed by atoms with E-state index in [2.05, 4.69) is 65.0 Å². The Morgan fingerprint density at radius 1 is 1.03 bits per heavy atom. The zero-order chi connectivity index (χ0) is 19.8. The van der Waals surface area contributed by atoms with Gasteiger partial charge in [-0.1, -0.05) is 59.8 Å². The van der Waals surface area contributed by atoms with E-state index in [1.165, 1.54) is 29.7 Å². The first-order chi connectivity index (χ1) is 14.2. The number of aryl methyl sites for hydroxylation is 1. The molecule has 0 amide bonds. The Balaban J connectivity index is 1.40. The zero-order valence-electron chi connectivity index (χ0n) is 16.4. The lowest BCUT2D eigenvalue weighted by molar-refractivity contribution is 0.508. The smallest absolute Gasteiger partial charge is 0.247 e. The van der Waals surface area contributed by atoms with Gasteiger partial charge in [0.2, 0.25) is 11.8 Å². The molecule has 1 aliphatic carbocycles. The molecule has 2 aromatic carbocycles. The second-order valence-electron chi connectivity index (χ2n) is 7.47.